The highest BCUT2D eigenvalue weighted by atomic mass is 16.3. The van der Waals surface area contributed by atoms with Gasteiger partial charge in [0.1, 0.15) is 0 Å². The molecule has 2 saturated carbocycles. The van der Waals surface area contributed by atoms with E-state index in [4.69, 9.17) is 5.26 Å². The van der Waals surface area contributed by atoms with Crippen molar-refractivity contribution in [1.82, 2.24) is 10.3 Å². The van der Waals surface area contributed by atoms with Crippen molar-refractivity contribution in [2.75, 3.05) is 0 Å². The van der Waals surface area contributed by atoms with Crippen molar-refractivity contribution in [3.8, 4) is 17.2 Å². The van der Waals surface area contributed by atoms with Crippen LogP contribution in [0.4, 0.5) is 0 Å². The Kier molecular flexibility index (Phi) is 5.24. The molecule has 2 aliphatic rings. The molecule has 5 nitrogen and oxygen atoms in total. The SMILES string of the molecule is N#Cc1ccc(C(=O)NC2(c3ccc(-c4ccc(C5CC5)nc4CO)cc3)CCC2)cc1. The summed E-state index contributed by atoms with van der Waals surface area (Å²) >= 11 is 0. The summed E-state index contributed by atoms with van der Waals surface area (Å²) in [6.45, 7) is -0.0811. The Labute approximate surface area is 187 Å². The van der Waals surface area contributed by atoms with Crippen molar-refractivity contribution in [2.45, 2.75) is 50.2 Å². The summed E-state index contributed by atoms with van der Waals surface area (Å²) in [7, 11) is 0. The van der Waals surface area contributed by atoms with E-state index < -0.39 is 0 Å². The van der Waals surface area contributed by atoms with Crippen LogP contribution < -0.4 is 5.32 Å². The van der Waals surface area contributed by atoms with Crippen LogP contribution in [0.25, 0.3) is 11.1 Å². The highest BCUT2D eigenvalue weighted by Crippen LogP contribution is 2.43. The first-order valence-electron chi connectivity index (χ1n) is 11.2. The normalized spacial score (nSPS) is 16.6. The molecule has 2 aromatic carbocycles. The number of nitriles is 1. The zero-order valence-electron chi connectivity index (χ0n) is 17.8. The fourth-order valence-electron chi connectivity index (χ4n) is 4.48. The number of aromatic nitrogens is 1. The number of amides is 1. The number of carbonyl (C=O) groups excluding carboxylic acids is 1. The summed E-state index contributed by atoms with van der Waals surface area (Å²) in [6.07, 6.45) is 5.22. The first-order chi connectivity index (χ1) is 15.6. The average Bonchev–Trinajstić information content (AvgIpc) is 3.67. The Hall–Kier alpha value is -3.49. The maximum atomic E-state index is 12.9. The number of nitrogens with zero attached hydrogens (tertiary/aromatic N) is 2. The second-order valence-electron chi connectivity index (χ2n) is 8.82. The number of nitrogens with one attached hydrogen (secondary N) is 1. The van der Waals surface area contributed by atoms with Crippen molar-refractivity contribution in [1.29, 1.82) is 5.26 Å². The minimum atomic E-state index is -0.364. The second-order valence-corrected chi connectivity index (χ2v) is 8.82. The van der Waals surface area contributed by atoms with E-state index in [2.05, 4.69) is 52.8 Å². The molecule has 32 heavy (non-hydrogen) atoms. The third-order valence-corrected chi connectivity index (χ3v) is 6.73. The lowest BCUT2D eigenvalue weighted by Crippen LogP contribution is -2.50. The maximum absolute atomic E-state index is 12.9. The van der Waals surface area contributed by atoms with Crippen LogP contribution in [-0.4, -0.2) is 16.0 Å². The topological polar surface area (TPSA) is 86.0 Å². The van der Waals surface area contributed by atoms with E-state index in [-0.39, 0.29) is 18.1 Å². The monoisotopic (exact) mass is 423 g/mol. The molecule has 1 amide bonds. The van der Waals surface area contributed by atoms with Crippen LogP contribution in [0.15, 0.2) is 60.7 Å². The van der Waals surface area contributed by atoms with Crippen LogP contribution in [0.1, 0.15) is 70.9 Å². The van der Waals surface area contributed by atoms with Crippen molar-refractivity contribution < 1.29 is 9.90 Å². The quantitative estimate of drug-likeness (QED) is 0.596. The number of hydrogen-bond acceptors (Lipinski definition) is 4. The Morgan fingerprint density at radius 3 is 2.34 bits per heavy atom. The standard InChI is InChI=1S/C27H25N3O2/c28-16-18-2-4-21(5-3-18)26(32)30-27(14-1-15-27)22-10-8-19(9-11-22)23-12-13-24(20-6-7-20)29-25(23)17-31/h2-5,8-13,20,31H,1,6-7,14-15,17H2,(H,30,32). The molecule has 1 heterocycles. The molecule has 5 heteroatoms. The van der Waals surface area contributed by atoms with Crippen molar-refractivity contribution in [3.63, 3.8) is 0 Å². The lowest BCUT2D eigenvalue weighted by molar-refractivity contribution is 0.0823. The van der Waals surface area contributed by atoms with E-state index in [9.17, 15) is 9.90 Å². The predicted octanol–water partition coefficient (Wildman–Crippen LogP) is 4.80. The van der Waals surface area contributed by atoms with Crippen LogP contribution in [0.3, 0.4) is 0 Å². The summed E-state index contributed by atoms with van der Waals surface area (Å²) in [5.74, 6) is 0.426. The molecule has 0 aliphatic heterocycles. The third-order valence-electron chi connectivity index (χ3n) is 6.73. The molecule has 0 radical (unpaired) electrons. The molecule has 5 rings (SSSR count). The van der Waals surface area contributed by atoms with Crippen molar-refractivity contribution >= 4 is 5.91 Å². The molecule has 0 spiro atoms. The number of aliphatic hydroxyl groups is 1. The fourth-order valence-corrected chi connectivity index (χ4v) is 4.48. The second kappa shape index (κ2) is 8.22. The highest BCUT2D eigenvalue weighted by molar-refractivity contribution is 5.95. The van der Waals surface area contributed by atoms with Crippen LogP contribution >= 0.6 is 0 Å². The van der Waals surface area contributed by atoms with E-state index in [1.165, 1.54) is 12.8 Å². The molecule has 1 aromatic heterocycles. The summed E-state index contributed by atoms with van der Waals surface area (Å²) in [4.78, 5) is 17.5. The van der Waals surface area contributed by atoms with E-state index in [1.807, 2.05) is 0 Å². The zero-order valence-corrected chi connectivity index (χ0v) is 17.8. The van der Waals surface area contributed by atoms with Crippen LogP contribution in [-0.2, 0) is 12.1 Å². The number of aliphatic hydroxyl groups excluding tert-OH is 1. The third kappa shape index (κ3) is 3.79. The molecule has 2 aliphatic carbocycles. The van der Waals surface area contributed by atoms with Gasteiger partial charge in [-0.3, -0.25) is 9.78 Å². The Morgan fingerprint density at radius 1 is 1.06 bits per heavy atom. The van der Waals surface area contributed by atoms with Gasteiger partial charge in [0.2, 0.25) is 0 Å². The molecule has 0 atom stereocenters. The van der Waals surface area contributed by atoms with E-state index in [1.54, 1.807) is 24.3 Å². The average molecular weight is 424 g/mol. The molecule has 0 unspecified atom stereocenters. The molecule has 2 fully saturated rings. The molecule has 0 saturated heterocycles. The van der Waals surface area contributed by atoms with Gasteiger partial charge >= 0.3 is 0 Å². The maximum Gasteiger partial charge on any atom is 0.251 e. The van der Waals surface area contributed by atoms with Gasteiger partial charge in [-0.15, -0.1) is 0 Å². The lowest BCUT2D eigenvalue weighted by Gasteiger charge is -2.43. The predicted molar refractivity (Wildman–Crippen MR) is 122 cm³/mol. The summed E-state index contributed by atoms with van der Waals surface area (Å²) in [5, 5.41) is 22.0. The van der Waals surface area contributed by atoms with Crippen molar-refractivity contribution in [3.05, 3.63) is 88.7 Å². The number of hydrogen-bond donors (Lipinski definition) is 2. The van der Waals surface area contributed by atoms with Crippen molar-refractivity contribution in [2.24, 2.45) is 0 Å². The smallest absolute Gasteiger partial charge is 0.251 e. The number of rotatable bonds is 6. The molecular formula is C27H25N3O2. The Bertz CT molecular complexity index is 1190. The van der Waals surface area contributed by atoms with Crippen LogP contribution in [0.5, 0.6) is 0 Å². The molecule has 2 N–H and O–H groups in total. The Morgan fingerprint density at radius 2 is 1.78 bits per heavy atom. The number of carbonyl (C=O) groups is 1. The zero-order chi connectivity index (χ0) is 22.1. The minimum Gasteiger partial charge on any atom is -0.390 e. The largest absolute Gasteiger partial charge is 0.390 e. The summed E-state index contributed by atoms with van der Waals surface area (Å²) < 4.78 is 0. The highest BCUT2D eigenvalue weighted by Gasteiger charge is 2.40. The van der Waals surface area contributed by atoms with Gasteiger partial charge < -0.3 is 10.4 Å². The summed E-state index contributed by atoms with van der Waals surface area (Å²) in [6, 6.07) is 21.2. The van der Waals surface area contributed by atoms with Gasteiger partial charge in [0.15, 0.2) is 0 Å². The van der Waals surface area contributed by atoms with E-state index >= 15 is 0 Å². The molecule has 3 aromatic rings. The van der Waals surface area contributed by atoms with Crippen LogP contribution in [0, 0.1) is 11.3 Å². The van der Waals surface area contributed by atoms with Gasteiger partial charge in [0, 0.05) is 22.7 Å². The number of pyridine rings is 1. The van der Waals surface area contributed by atoms with Gasteiger partial charge in [-0.1, -0.05) is 30.3 Å². The molecule has 0 bridgehead atoms. The fraction of sp³-hybridized carbons (Fsp3) is 0.296. The van der Waals surface area contributed by atoms with Gasteiger partial charge in [-0.2, -0.15) is 5.26 Å². The van der Waals surface area contributed by atoms with Gasteiger partial charge in [0.25, 0.3) is 5.91 Å². The van der Waals surface area contributed by atoms with E-state index in [0.29, 0.717) is 17.0 Å². The van der Waals surface area contributed by atoms with Gasteiger partial charge in [0.05, 0.1) is 29.5 Å². The van der Waals surface area contributed by atoms with Gasteiger partial charge in [-0.25, -0.2) is 0 Å². The molecular weight excluding hydrogens is 398 g/mol. The number of benzene rings is 2. The summed E-state index contributed by atoms with van der Waals surface area (Å²) in [5.41, 5.74) is 5.58. The first kappa shape index (κ1) is 20.4. The van der Waals surface area contributed by atoms with Gasteiger partial charge in [-0.05, 0) is 73.6 Å². The lowest BCUT2D eigenvalue weighted by atomic mass is 9.71. The Balaban J connectivity index is 1.37. The minimum absolute atomic E-state index is 0.0811. The van der Waals surface area contributed by atoms with E-state index in [0.717, 1.165) is 47.3 Å². The molecule has 160 valence electrons. The first-order valence-corrected chi connectivity index (χ1v) is 11.2. The van der Waals surface area contributed by atoms with Crippen LogP contribution in [0.2, 0.25) is 0 Å².